The molecule has 1 rings (SSSR count). The van der Waals surface area contributed by atoms with Gasteiger partial charge in [0.25, 0.3) is 0 Å². The van der Waals surface area contributed by atoms with E-state index in [0.717, 1.165) is 17.7 Å². The number of hydrogen-bond donors (Lipinski definition) is 2. The van der Waals surface area contributed by atoms with Gasteiger partial charge in [0.2, 0.25) is 5.91 Å². The lowest BCUT2D eigenvalue weighted by Crippen LogP contribution is -2.51. The molecule has 1 atom stereocenters. The Balaban J connectivity index is 2.41. The van der Waals surface area contributed by atoms with E-state index >= 15 is 0 Å². The van der Waals surface area contributed by atoms with Crippen LogP contribution in [-0.4, -0.2) is 32.2 Å². The summed E-state index contributed by atoms with van der Waals surface area (Å²) in [6.07, 6.45) is 1.38. The molecule has 1 aromatic carbocycles. The summed E-state index contributed by atoms with van der Waals surface area (Å²) in [5, 5.41) is 2.96. The highest BCUT2D eigenvalue weighted by molar-refractivity contribution is 5.84. The first kappa shape index (κ1) is 16.5. The number of methoxy groups -OCH3 is 1. The number of nitrogens with two attached hydrogens (primary N) is 1. The molecule has 1 unspecified atom stereocenters. The molecule has 112 valence electrons. The standard InChI is InChI=1S/C15H24N2O3/c1-15(17-2,14(16)18)8-5-9-20-13-7-4-6-12(10-13)11-19-3/h4,6-7,10,17H,5,8-9,11H2,1-3H3,(H2,16,18). The third-order valence-corrected chi connectivity index (χ3v) is 3.39. The molecule has 0 spiro atoms. The van der Waals surface area contributed by atoms with Gasteiger partial charge in [-0.3, -0.25) is 4.79 Å². The van der Waals surface area contributed by atoms with E-state index in [1.165, 1.54) is 0 Å². The van der Waals surface area contributed by atoms with Crippen molar-refractivity contribution in [2.75, 3.05) is 20.8 Å². The van der Waals surface area contributed by atoms with Gasteiger partial charge in [-0.15, -0.1) is 0 Å². The van der Waals surface area contributed by atoms with Crippen LogP contribution in [0, 0.1) is 0 Å². The normalized spacial score (nSPS) is 13.8. The summed E-state index contributed by atoms with van der Waals surface area (Å²) in [6.45, 7) is 2.91. The maximum atomic E-state index is 11.3. The summed E-state index contributed by atoms with van der Waals surface area (Å²) < 4.78 is 10.8. The van der Waals surface area contributed by atoms with Gasteiger partial charge < -0.3 is 20.5 Å². The van der Waals surface area contributed by atoms with Crippen molar-refractivity contribution in [3.63, 3.8) is 0 Å². The Hall–Kier alpha value is -1.59. The number of carbonyl (C=O) groups excluding carboxylic acids is 1. The summed E-state index contributed by atoms with van der Waals surface area (Å²) in [5.41, 5.74) is 5.76. The van der Waals surface area contributed by atoms with E-state index in [1.54, 1.807) is 21.1 Å². The van der Waals surface area contributed by atoms with Crippen molar-refractivity contribution in [3.05, 3.63) is 29.8 Å². The Labute approximate surface area is 120 Å². The van der Waals surface area contributed by atoms with Gasteiger partial charge in [-0.2, -0.15) is 0 Å². The molecule has 0 aliphatic heterocycles. The molecular formula is C15H24N2O3. The monoisotopic (exact) mass is 280 g/mol. The smallest absolute Gasteiger partial charge is 0.237 e. The Morgan fingerprint density at radius 3 is 2.80 bits per heavy atom. The molecule has 0 fully saturated rings. The fraction of sp³-hybridized carbons (Fsp3) is 0.533. The molecule has 0 heterocycles. The Bertz CT molecular complexity index is 437. The third kappa shape index (κ3) is 4.83. The molecule has 1 aromatic rings. The van der Waals surface area contributed by atoms with E-state index < -0.39 is 5.54 Å². The second-order valence-electron chi connectivity index (χ2n) is 4.98. The number of nitrogens with one attached hydrogen (secondary N) is 1. The van der Waals surface area contributed by atoms with Crippen LogP contribution in [-0.2, 0) is 16.1 Å². The highest BCUT2D eigenvalue weighted by Crippen LogP contribution is 2.16. The maximum absolute atomic E-state index is 11.3. The number of ether oxygens (including phenoxy) is 2. The van der Waals surface area contributed by atoms with Crippen LogP contribution in [0.5, 0.6) is 5.75 Å². The summed E-state index contributed by atoms with van der Waals surface area (Å²) >= 11 is 0. The number of carbonyl (C=O) groups is 1. The minimum absolute atomic E-state index is 0.345. The summed E-state index contributed by atoms with van der Waals surface area (Å²) in [4.78, 5) is 11.3. The maximum Gasteiger partial charge on any atom is 0.237 e. The van der Waals surface area contributed by atoms with E-state index in [-0.39, 0.29) is 5.91 Å². The van der Waals surface area contributed by atoms with Crippen LogP contribution < -0.4 is 15.8 Å². The molecule has 20 heavy (non-hydrogen) atoms. The van der Waals surface area contributed by atoms with Gasteiger partial charge in [-0.25, -0.2) is 0 Å². The molecule has 0 saturated carbocycles. The van der Waals surface area contributed by atoms with E-state index in [9.17, 15) is 4.79 Å². The topological polar surface area (TPSA) is 73.6 Å². The summed E-state index contributed by atoms with van der Waals surface area (Å²) in [6, 6.07) is 7.78. The Kier molecular flexibility index (Phi) is 6.48. The summed E-state index contributed by atoms with van der Waals surface area (Å²) in [5.74, 6) is 0.465. The third-order valence-electron chi connectivity index (χ3n) is 3.39. The van der Waals surface area contributed by atoms with Gasteiger partial charge in [0.05, 0.1) is 18.8 Å². The van der Waals surface area contributed by atoms with Crippen LogP contribution in [0.1, 0.15) is 25.3 Å². The molecule has 0 saturated heterocycles. The molecular weight excluding hydrogens is 256 g/mol. The molecule has 0 radical (unpaired) electrons. The minimum Gasteiger partial charge on any atom is -0.494 e. The zero-order chi connectivity index (χ0) is 15.0. The van der Waals surface area contributed by atoms with Gasteiger partial charge in [-0.05, 0) is 44.5 Å². The Morgan fingerprint density at radius 1 is 1.45 bits per heavy atom. The van der Waals surface area contributed by atoms with E-state index in [2.05, 4.69) is 5.32 Å². The van der Waals surface area contributed by atoms with Crippen molar-refractivity contribution in [3.8, 4) is 5.75 Å². The average Bonchev–Trinajstić information content (AvgIpc) is 2.44. The number of rotatable bonds is 9. The average molecular weight is 280 g/mol. The van der Waals surface area contributed by atoms with E-state index in [4.69, 9.17) is 15.2 Å². The summed E-state index contributed by atoms with van der Waals surface area (Å²) in [7, 11) is 3.40. The highest BCUT2D eigenvalue weighted by Gasteiger charge is 2.28. The van der Waals surface area contributed by atoms with Crippen molar-refractivity contribution >= 4 is 5.91 Å². The van der Waals surface area contributed by atoms with Crippen molar-refractivity contribution < 1.29 is 14.3 Å². The number of primary amides is 1. The number of amides is 1. The van der Waals surface area contributed by atoms with Crippen molar-refractivity contribution in [2.45, 2.75) is 31.9 Å². The zero-order valence-corrected chi connectivity index (χ0v) is 12.4. The SMILES string of the molecule is CNC(C)(CCCOc1cccc(COC)c1)C(N)=O. The largest absolute Gasteiger partial charge is 0.494 e. The Morgan fingerprint density at radius 2 is 2.20 bits per heavy atom. The van der Waals surface area contributed by atoms with Gasteiger partial charge >= 0.3 is 0 Å². The van der Waals surface area contributed by atoms with Crippen LogP contribution >= 0.6 is 0 Å². The first-order valence-electron chi connectivity index (χ1n) is 6.71. The molecule has 1 amide bonds. The molecule has 3 N–H and O–H groups in total. The van der Waals surface area contributed by atoms with E-state index in [1.807, 2.05) is 24.3 Å². The molecule has 0 bridgehead atoms. The van der Waals surface area contributed by atoms with Crippen LogP contribution in [0.4, 0.5) is 0 Å². The molecule has 5 nitrogen and oxygen atoms in total. The molecule has 0 aliphatic carbocycles. The van der Waals surface area contributed by atoms with Crippen molar-refractivity contribution in [1.29, 1.82) is 0 Å². The molecule has 5 heteroatoms. The first-order chi connectivity index (χ1) is 9.51. The lowest BCUT2D eigenvalue weighted by atomic mass is 9.95. The molecule has 0 aliphatic rings. The second-order valence-corrected chi connectivity index (χ2v) is 4.98. The predicted molar refractivity (Wildman–Crippen MR) is 78.5 cm³/mol. The van der Waals surface area contributed by atoms with Gasteiger partial charge in [0.15, 0.2) is 0 Å². The van der Waals surface area contributed by atoms with Gasteiger partial charge in [0.1, 0.15) is 5.75 Å². The lowest BCUT2D eigenvalue weighted by Gasteiger charge is -2.25. The van der Waals surface area contributed by atoms with Crippen LogP contribution in [0.3, 0.4) is 0 Å². The number of hydrogen-bond acceptors (Lipinski definition) is 4. The van der Waals surface area contributed by atoms with Crippen LogP contribution in [0.15, 0.2) is 24.3 Å². The molecule has 0 aromatic heterocycles. The minimum atomic E-state index is -0.679. The zero-order valence-electron chi connectivity index (χ0n) is 12.4. The van der Waals surface area contributed by atoms with Crippen molar-refractivity contribution in [1.82, 2.24) is 5.32 Å². The van der Waals surface area contributed by atoms with Gasteiger partial charge in [0, 0.05) is 7.11 Å². The highest BCUT2D eigenvalue weighted by atomic mass is 16.5. The second kappa shape index (κ2) is 7.87. The van der Waals surface area contributed by atoms with Crippen LogP contribution in [0.2, 0.25) is 0 Å². The fourth-order valence-electron chi connectivity index (χ4n) is 1.88. The quantitative estimate of drug-likeness (QED) is 0.672. The van der Waals surface area contributed by atoms with E-state index in [0.29, 0.717) is 19.6 Å². The van der Waals surface area contributed by atoms with Crippen LogP contribution in [0.25, 0.3) is 0 Å². The number of likely N-dealkylation sites (N-methyl/N-ethyl adjacent to an activating group) is 1. The van der Waals surface area contributed by atoms with Gasteiger partial charge in [-0.1, -0.05) is 12.1 Å². The lowest BCUT2D eigenvalue weighted by molar-refractivity contribution is -0.123. The fourth-order valence-corrected chi connectivity index (χ4v) is 1.88. The number of benzene rings is 1. The predicted octanol–water partition coefficient (Wildman–Crippen LogP) is 1.46. The first-order valence-corrected chi connectivity index (χ1v) is 6.71. The van der Waals surface area contributed by atoms with Crippen molar-refractivity contribution in [2.24, 2.45) is 5.73 Å².